The van der Waals surface area contributed by atoms with Crippen LogP contribution in [-0.4, -0.2) is 9.55 Å². The molecule has 0 spiro atoms. The predicted molar refractivity (Wildman–Crippen MR) is 74.2 cm³/mol. The van der Waals surface area contributed by atoms with Crippen LogP contribution in [0.5, 0.6) is 0 Å². The maximum atomic E-state index is 13.6. The average Bonchev–Trinajstić information content (AvgIpc) is 2.75. The van der Waals surface area contributed by atoms with Gasteiger partial charge in [-0.2, -0.15) is 0 Å². The highest BCUT2D eigenvalue weighted by Gasteiger charge is 2.13. The van der Waals surface area contributed by atoms with Gasteiger partial charge in [0.15, 0.2) is 5.82 Å². The van der Waals surface area contributed by atoms with E-state index in [0.29, 0.717) is 18.5 Å². The molecule has 0 saturated heterocycles. The monoisotopic (exact) mass is 291 g/mol. The molecular weight excluding hydrogens is 279 g/mol. The minimum atomic E-state index is -0.739. The molecule has 0 aliphatic rings. The van der Waals surface area contributed by atoms with Crippen molar-refractivity contribution in [3.8, 4) is 0 Å². The zero-order valence-corrected chi connectivity index (χ0v) is 11.0. The van der Waals surface area contributed by atoms with Gasteiger partial charge in [0.2, 0.25) is 5.95 Å². The number of hydrogen-bond donors (Lipinski definition) is 1. The standard InChI is InChI=1S/C15H12F3N3/c16-10-3-1-9(2-4-10)5-6-21-13-8-11(17)7-12(18)14(13)20-15(21)19/h1-4,7-8H,5-6H2,(H2,19,20). The Hall–Kier alpha value is -2.50. The van der Waals surface area contributed by atoms with Gasteiger partial charge in [0.05, 0.1) is 5.52 Å². The first-order chi connectivity index (χ1) is 10.0. The van der Waals surface area contributed by atoms with Crippen LogP contribution in [0, 0.1) is 17.5 Å². The van der Waals surface area contributed by atoms with Crippen molar-refractivity contribution < 1.29 is 13.2 Å². The molecule has 0 bridgehead atoms. The van der Waals surface area contributed by atoms with Gasteiger partial charge in [-0.25, -0.2) is 18.2 Å². The molecule has 0 saturated carbocycles. The maximum absolute atomic E-state index is 13.6. The van der Waals surface area contributed by atoms with Crippen LogP contribution in [0.15, 0.2) is 36.4 Å². The quantitative estimate of drug-likeness (QED) is 0.805. The molecule has 0 fully saturated rings. The van der Waals surface area contributed by atoms with Crippen molar-refractivity contribution in [2.24, 2.45) is 0 Å². The number of nitrogens with zero attached hydrogens (tertiary/aromatic N) is 2. The van der Waals surface area contributed by atoms with Crippen molar-refractivity contribution in [2.45, 2.75) is 13.0 Å². The Labute approximate surface area is 118 Å². The van der Waals surface area contributed by atoms with Gasteiger partial charge in [-0.05, 0) is 24.1 Å². The van der Waals surface area contributed by atoms with Crippen LogP contribution in [0.4, 0.5) is 19.1 Å². The number of benzene rings is 2. The number of hydrogen-bond acceptors (Lipinski definition) is 2. The molecule has 0 unspecified atom stereocenters. The number of imidazole rings is 1. The van der Waals surface area contributed by atoms with Crippen molar-refractivity contribution in [3.63, 3.8) is 0 Å². The highest BCUT2D eigenvalue weighted by Crippen LogP contribution is 2.22. The summed E-state index contributed by atoms with van der Waals surface area (Å²) >= 11 is 0. The lowest BCUT2D eigenvalue weighted by atomic mass is 10.1. The second kappa shape index (κ2) is 5.12. The van der Waals surface area contributed by atoms with Crippen molar-refractivity contribution in [2.75, 3.05) is 5.73 Å². The van der Waals surface area contributed by atoms with Crippen LogP contribution in [-0.2, 0) is 13.0 Å². The average molecular weight is 291 g/mol. The number of aryl methyl sites for hydroxylation is 2. The molecule has 0 amide bonds. The van der Waals surface area contributed by atoms with E-state index in [9.17, 15) is 13.2 Å². The fraction of sp³-hybridized carbons (Fsp3) is 0.133. The first-order valence-electron chi connectivity index (χ1n) is 6.40. The normalized spacial score (nSPS) is 11.2. The van der Waals surface area contributed by atoms with Crippen molar-refractivity contribution in [1.82, 2.24) is 9.55 Å². The Morgan fingerprint density at radius 1 is 1.00 bits per heavy atom. The summed E-state index contributed by atoms with van der Waals surface area (Å²) in [5.74, 6) is -1.60. The molecule has 0 radical (unpaired) electrons. The summed E-state index contributed by atoms with van der Waals surface area (Å²) < 4.78 is 41.4. The summed E-state index contributed by atoms with van der Waals surface area (Å²) in [4.78, 5) is 3.92. The highest BCUT2D eigenvalue weighted by atomic mass is 19.1. The Balaban J connectivity index is 1.93. The number of nitrogens with two attached hydrogens (primary N) is 1. The summed E-state index contributed by atoms with van der Waals surface area (Å²) in [6.45, 7) is 0.400. The number of fused-ring (bicyclic) bond motifs is 1. The molecular formula is C15H12F3N3. The van der Waals surface area contributed by atoms with Gasteiger partial charge in [0.1, 0.15) is 17.2 Å². The number of nitrogen functional groups attached to an aromatic ring is 1. The zero-order chi connectivity index (χ0) is 15.0. The summed E-state index contributed by atoms with van der Waals surface area (Å²) in [6, 6.07) is 8.03. The van der Waals surface area contributed by atoms with Gasteiger partial charge in [-0.1, -0.05) is 12.1 Å². The van der Waals surface area contributed by atoms with Gasteiger partial charge in [-0.15, -0.1) is 0 Å². The summed E-state index contributed by atoms with van der Waals surface area (Å²) in [6.07, 6.45) is 0.550. The van der Waals surface area contributed by atoms with Crippen LogP contribution in [0.25, 0.3) is 11.0 Å². The second-order valence-corrected chi connectivity index (χ2v) is 4.75. The van der Waals surface area contributed by atoms with E-state index in [-0.39, 0.29) is 17.3 Å². The molecule has 21 heavy (non-hydrogen) atoms. The Morgan fingerprint density at radius 3 is 2.43 bits per heavy atom. The molecule has 0 aliphatic carbocycles. The number of aromatic nitrogens is 2. The molecule has 6 heteroatoms. The molecule has 2 aromatic carbocycles. The van der Waals surface area contributed by atoms with E-state index >= 15 is 0 Å². The van der Waals surface area contributed by atoms with E-state index in [1.165, 1.54) is 18.2 Å². The van der Waals surface area contributed by atoms with Gasteiger partial charge >= 0.3 is 0 Å². The summed E-state index contributed by atoms with van der Waals surface area (Å²) in [5, 5.41) is 0. The highest BCUT2D eigenvalue weighted by molar-refractivity contribution is 5.79. The van der Waals surface area contributed by atoms with Crippen LogP contribution >= 0.6 is 0 Å². The molecule has 3 aromatic rings. The largest absolute Gasteiger partial charge is 0.369 e. The summed E-state index contributed by atoms with van der Waals surface area (Å²) in [5.41, 5.74) is 7.02. The van der Waals surface area contributed by atoms with Crippen molar-refractivity contribution >= 4 is 17.0 Å². The van der Waals surface area contributed by atoms with E-state index in [1.54, 1.807) is 16.7 Å². The van der Waals surface area contributed by atoms with E-state index in [1.807, 2.05) is 0 Å². The second-order valence-electron chi connectivity index (χ2n) is 4.75. The number of rotatable bonds is 3. The Morgan fingerprint density at radius 2 is 1.71 bits per heavy atom. The maximum Gasteiger partial charge on any atom is 0.201 e. The molecule has 0 aliphatic heterocycles. The van der Waals surface area contributed by atoms with E-state index in [4.69, 9.17) is 5.73 Å². The third-order valence-corrected chi connectivity index (χ3v) is 3.34. The van der Waals surface area contributed by atoms with E-state index in [2.05, 4.69) is 4.98 Å². The molecule has 2 N–H and O–H groups in total. The molecule has 0 atom stereocenters. The smallest absolute Gasteiger partial charge is 0.201 e. The van der Waals surface area contributed by atoms with E-state index in [0.717, 1.165) is 11.6 Å². The first kappa shape index (κ1) is 13.5. The topological polar surface area (TPSA) is 43.8 Å². The SMILES string of the molecule is Nc1nc2c(F)cc(F)cc2n1CCc1ccc(F)cc1. The molecule has 1 aromatic heterocycles. The minimum absolute atomic E-state index is 0.0491. The Bertz CT molecular complexity index is 794. The van der Waals surface area contributed by atoms with Gasteiger partial charge in [0, 0.05) is 18.7 Å². The fourth-order valence-corrected chi connectivity index (χ4v) is 2.29. The van der Waals surface area contributed by atoms with Crippen LogP contribution in [0.1, 0.15) is 5.56 Å². The third kappa shape index (κ3) is 2.56. The van der Waals surface area contributed by atoms with Crippen molar-refractivity contribution in [1.29, 1.82) is 0 Å². The van der Waals surface area contributed by atoms with Crippen LogP contribution in [0.3, 0.4) is 0 Å². The molecule has 3 rings (SSSR count). The molecule has 1 heterocycles. The first-order valence-corrected chi connectivity index (χ1v) is 6.40. The van der Waals surface area contributed by atoms with Gasteiger partial charge < -0.3 is 10.3 Å². The summed E-state index contributed by atoms with van der Waals surface area (Å²) in [7, 11) is 0. The molecule has 108 valence electrons. The number of anilines is 1. The lowest BCUT2D eigenvalue weighted by molar-refractivity contribution is 0.589. The van der Waals surface area contributed by atoms with Gasteiger partial charge in [-0.3, -0.25) is 0 Å². The van der Waals surface area contributed by atoms with Crippen LogP contribution < -0.4 is 5.73 Å². The van der Waals surface area contributed by atoms with Crippen LogP contribution in [0.2, 0.25) is 0 Å². The lowest BCUT2D eigenvalue weighted by Gasteiger charge is -2.07. The van der Waals surface area contributed by atoms with Crippen molar-refractivity contribution in [3.05, 3.63) is 59.4 Å². The molecule has 3 nitrogen and oxygen atoms in total. The fourth-order valence-electron chi connectivity index (χ4n) is 2.29. The van der Waals surface area contributed by atoms with E-state index < -0.39 is 11.6 Å². The lowest BCUT2D eigenvalue weighted by Crippen LogP contribution is -2.05. The minimum Gasteiger partial charge on any atom is -0.369 e. The van der Waals surface area contributed by atoms with Gasteiger partial charge in [0.25, 0.3) is 0 Å². The predicted octanol–water partition coefficient (Wildman–Crippen LogP) is 3.28. The number of halogens is 3. The zero-order valence-electron chi connectivity index (χ0n) is 11.0. The third-order valence-electron chi connectivity index (χ3n) is 3.34. The Kier molecular flexibility index (Phi) is 3.29.